The third-order valence-electron chi connectivity index (χ3n) is 6.97. The maximum atomic E-state index is 12.3. The van der Waals surface area contributed by atoms with Crippen LogP contribution in [0.3, 0.4) is 0 Å². The second-order valence-electron chi connectivity index (χ2n) is 9.68. The van der Waals surface area contributed by atoms with Crippen molar-refractivity contribution in [1.82, 2.24) is 10.3 Å². The van der Waals surface area contributed by atoms with Crippen molar-refractivity contribution in [3.05, 3.63) is 127 Å². The predicted molar refractivity (Wildman–Crippen MR) is 164 cm³/mol. The number of pyridine rings is 1. The SMILES string of the molecule is O=C(NC(CSCc1ccc(-c2ccc(-c3cccc4c3oc3ccccc34)cc2)cc1)C(=O)O)c1cccnc1. The first-order chi connectivity index (χ1) is 20.1. The average Bonchev–Trinajstić information content (AvgIpc) is 3.40. The summed E-state index contributed by atoms with van der Waals surface area (Å²) in [6.07, 6.45) is 2.98. The lowest BCUT2D eigenvalue weighted by atomic mass is 9.98. The van der Waals surface area contributed by atoms with E-state index in [1.165, 1.54) is 18.0 Å². The minimum Gasteiger partial charge on any atom is -0.480 e. The van der Waals surface area contributed by atoms with Crippen LogP contribution >= 0.6 is 11.8 Å². The predicted octanol–water partition coefficient (Wildman–Crippen LogP) is 7.43. The van der Waals surface area contributed by atoms with E-state index in [2.05, 4.69) is 83.1 Å². The van der Waals surface area contributed by atoms with Crippen LogP contribution in [0.15, 0.2) is 120 Å². The normalized spacial score (nSPS) is 11.9. The van der Waals surface area contributed by atoms with Gasteiger partial charge in [-0.1, -0.05) is 84.9 Å². The van der Waals surface area contributed by atoms with Crippen LogP contribution in [0.5, 0.6) is 0 Å². The van der Waals surface area contributed by atoms with Gasteiger partial charge in [-0.3, -0.25) is 9.78 Å². The lowest BCUT2D eigenvalue weighted by molar-refractivity contribution is -0.138. The van der Waals surface area contributed by atoms with E-state index in [0.29, 0.717) is 11.3 Å². The van der Waals surface area contributed by atoms with Gasteiger partial charge in [-0.15, -0.1) is 0 Å². The fourth-order valence-corrected chi connectivity index (χ4v) is 5.83. The number of carboxylic acids is 1. The number of aliphatic carboxylic acids is 1. The molecule has 2 aromatic heterocycles. The van der Waals surface area contributed by atoms with Gasteiger partial charge in [-0.25, -0.2) is 4.79 Å². The van der Waals surface area contributed by atoms with Crippen LogP contribution in [0.1, 0.15) is 15.9 Å². The van der Waals surface area contributed by atoms with Crippen molar-refractivity contribution in [2.24, 2.45) is 0 Å². The van der Waals surface area contributed by atoms with Crippen molar-refractivity contribution in [2.75, 3.05) is 5.75 Å². The molecule has 0 saturated heterocycles. The summed E-state index contributed by atoms with van der Waals surface area (Å²) in [5, 5.41) is 14.4. The van der Waals surface area contributed by atoms with Crippen LogP contribution in [0, 0.1) is 0 Å². The van der Waals surface area contributed by atoms with Crippen LogP contribution in [0.2, 0.25) is 0 Å². The molecule has 2 N–H and O–H groups in total. The molecule has 1 unspecified atom stereocenters. The van der Waals surface area contributed by atoms with E-state index in [4.69, 9.17) is 4.42 Å². The van der Waals surface area contributed by atoms with Gasteiger partial charge in [0, 0.05) is 40.2 Å². The highest BCUT2D eigenvalue weighted by Crippen LogP contribution is 2.36. The number of carbonyl (C=O) groups excluding carboxylic acids is 1. The van der Waals surface area contributed by atoms with Gasteiger partial charge in [0.2, 0.25) is 0 Å². The first-order valence-electron chi connectivity index (χ1n) is 13.2. The number of carbonyl (C=O) groups is 2. The quantitative estimate of drug-likeness (QED) is 0.192. The van der Waals surface area contributed by atoms with E-state index in [-0.39, 0.29) is 5.75 Å². The van der Waals surface area contributed by atoms with E-state index < -0.39 is 17.9 Å². The highest BCUT2D eigenvalue weighted by Gasteiger charge is 2.21. The number of furan rings is 1. The van der Waals surface area contributed by atoms with E-state index in [1.807, 2.05) is 18.2 Å². The number of para-hydroxylation sites is 2. The molecule has 4 aromatic carbocycles. The number of rotatable bonds is 9. The van der Waals surface area contributed by atoms with Crippen LogP contribution in [-0.2, 0) is 10.5 Å². The van der Waals surface area contributed by atoms with Gasteiger partial charge in [-0.2, -0.15) is 11.8 Å². The molecule has 0 fully saturated rings. The molecule has 0 saturated carbocycles. The Morgan fingerprint density at radius 1 is 0.805 bits per heavy atom. The third-order valence-corrected chi connectivity index (χ3v) is 8.07. The van der Waals surface area contributed by atoms with Gasteiger partial charge in [0.05, 0.1) is 5.56 Å². The molecule has 6 rings (SSSR count). The van der Waals surface area contributed by atoms with Gasteiger partial charge >= 0.3 is 5.97 Å². The van der Waals surface area contributed by atoms with Gasteiger partial charge in [-0.05, 0) is 40.5 Å². The Hall–Kier alpha value is -4.88. The number of thioether (sulfide) groups is 1. The highest BCUT2D eigenvalue weighted by atomic mass is 32.2. The largest absolute Gasteiger partial charge is 0.480 e. The number of hydrogen-bond donors (Lipinski definition) is 2. The lowest BCUT2D eigenvalue weighted by Crippen LogP contribution is -2.42. The number of benzene rings is 4. The Kier molecular flexibility index (Phi) is 7.52. The van der Waals surface area contributed by atoms with Crippen LogP contribution in [0.25, 0.3) is 44.2 Å². The number of hydrogen-bond acceptors (Lipinski definition) is 5. The number of nitrogens with zero attached hydrogens (tertiary/aromatic N) is 1. The van der Waals surface area contributed by atoms with Gasteiger partial charge in [0.25, 0.3) is 5.91 Å². The Morgan fingerprint density at radius 2 is 1.51 bits per heavy atom. The number of fused-ring (bicyclic) bond motifs is 3. The third kappa shape index (κ3) is 5.71. The minimum absolute atomic E-state index is 0.253. The number of amides is 1. The van der Waals surface area contributed by atoms with Crippen molar-refractivity contribution >= 4 is 45.6 Å². The molecule has 7 heteroatoms. The van der Waals surface area contributed by atoms with Gasteiger partial charge < -0.3 is 14.8 Å². The molecule has 0 aliphatic rings. The number of nitrogens with one attached hydrogen (secondary N) is 1. The summed E-state index contributed by atoms with van der Waals surface area (Å²) < 4.78 is 6.21. The molecule has 0 bridgehead atoms. The summed E-state index contributed by atoms with van der Waals surface area (Å²) in [7, 11) is 0. The average molecular weight is 559 g/mol. The Morgan fingerprint density at radius 3 is 2.24 bits per heavy atom. The second kappa shape index (κ2) is 11.7. The van der Waals surface area contributed by atoms with Crippen molar-refractivity contribution in [1.29, 1.82) is 0 Å². The molecule has 6 aromatic rings. The van der Waals surface area contributed by atoms with E-state index in [9.17, 15) is 14.7 Å². The molecule has 0 aliphatic heterocycles. The molecule has 6 nitrogen and oxygen atoms in total. The van der Waals surface area contributed by atoms with Crippen LogP contribution in [0.4, 0.5) is 0 Å². The van der Waals surface area contributed by atoms with Crippen LogP contribution < -0.4 is 5.32 Å². The Balaban J connectivity index is 1.10. The molecule has 202 valence electrons. The lowest BCUT2D eigenvalue weighted by Gasteiger charge is -2.14. The summed E-state index contributed by atoms with van der Waals surface area (Å²) in [4.78, 5) is 27.9. The summed E-state index contributed by atoms with van der Waals surface area (Å²) in [6, 6.07) is 33.3. The minimum atomic E-state index is -1.06. The molecular weight excluding hydrogens is 532 g/mol. The van der Waals surface area contributed by atoms with Gasteiger partial charge in [0.1, 0.15) is 17.2 Å². The van der Waals surface area contributed by atoms with Crippen molar-refractivity contribution in [3.8, 4) is 22.3 Å². The van der Waals surface area contributed by atoms with Crippen molar-refractivity contribution in [3.63, 3.8) is 0 Å². The van der Waals surface area contributed by atoms with Crippen molar-refractivity contribution in [2.45, 2.75) is 11.8 Å². The standard InChI is InChI=1S/C34H26N2O4S/c37-33(26-5-4-18-35-19-26)36-30(34(38)39)21-41-20-22-10-12-23(13-11-22)24-14-16-25(17-15-24)27-7-3-8-29-28-6-1-2-9-31(28)40-32(27)29/h1-19,30H,20-21H2,(H,36,37)(H,38,39). The molecule has 0 radical (unpaired) electrons. The number of carboxylic acid groups (broad SMARTS) is 1. The van der Waals surface area contributed by atoms with Crippen LogP contribution in [-0.4, -0.2) is 33.8 Å². The maximum Gasteiger partial charge on any atom is 0.327 e. The summed E-state index contributed by atoms with van der Waals surface area (Å²) in [5.41, 5.74) is 7.55. The topological polar surface area (TPSA) is 92.4 Å². The van der Waals surface area contributed by atoms with Gasteiger partial charge in [0.15, 0.2) is 0 Å². The zero-order chi connectivity index (χ0) is 28.2. The molecule has 0 aliphatic carbocycles. The Bertz CT molecular complexity index is 1830. The maximum absolute atomic E-state index is 12.3. The summed E-state index contributed by atoms with van der Waals surface area (Å²) in [5.74, 6) is -0.628. The zero-order valence-corrected chi connectivity index (χ0v) is 22.8. The fourth-order valence-electron chi connectivity index (χ4n) is 4.82. The summed E-state index contributed by atoms with van der Waals surface area (Å²) in [6.45, 7) is 0. The molecule has 0 spiro atoms. The smallest absolute Gasteiger partial charge is 0.327 e. The molecule has 1 amide bonds. The van der Waals surface area contributed by atoms with E-state index in [0.717, 1.165) is 49.8 Å². The molecule has 2 heterocycles. The Labute approximate surface area is 241 Å². The molecule has 41 heavy (non-hydrogen) atoms. The fraction of sp³-hybridized carbons (Fsp3) is 0.0882. The summed E-state index contributed by atoms with van der Waals surface area (Å²) >= 11 is 1.46. The molecular formula is C34H26N2O4S. The molecule has 1 atom stereocenters. The van der Waals surface area contributed by atoms with E-state index in [1.54, 1.807) is 18.3 Å². The second-order valence-corrected chi connectivity index (χ2v) is 10.7. The number of aromatic nitrogens is 1. The van der Waals surface area contributed by atoms with Crippen molar-refractivity contribution < 1.29 is 19.1 Å². The van der Waals surface area contributed by atoms with E-state index >= 15 is 0 Å². The first kappa shape index (κ1) is 26.3. The highest BCUT2D eigenvalue weighted by molar-refractivity contribution is 7.98. The zero-order valence-electron chi connectivity index (χ0n) is 22.0. The first-order valence-corrected chi connectivity index (χ1v) is 14.3. The monoisotopic (exact) mass is 558 g/mol.